The molecule has 1 amide bonds. The molecule has 1 atom stereocenters. The molecule has 0 aromatic heterocycles. The minimum Gasteiger partial charge on any atom is -0.480 e. The van der Waals surface area contributed by atoms with Crippen LogP contribution in [0.25, 0.3) is 0 Å². The predicted octanol–water partition coefficient (Wildman–Crippen LogP) is 0.657. The van der Waals surface area contributed by atoms with Gasteiger partial charge in [0.2, 0.25) is 0 Å². The molecule has 0 aliphatic heterocycles. The van der Waals surface area contributed by atoms with Gasteiger partial charge in [-0.3, -0.25) is 0 Å². The number of aliphatic carboxylic acids is 1. The van der Waals surface area contributed by atoms with Gasteiger partial charge in [-0.1, -0.05) is 0 Å². The Kier molecular flexibility index (Phi) is 5.94. The van der Waals surface area contributed by atoms with Gasteiger partial charge in [-0.25, -0.2) is 18.0 Å². The number of carbonyl (C=O) groups is 2. The molecule has 9 heteroatoms. The van der Waals surface area contributed by atoms with Gasteiger partial charge in [0.25, 0.3) is 0 Å². The van der Waals surface area contributed by atoms with Crippen LogP contribution in [0.1, 0.15) is 20.8 Å². The van der Waals surface area contributed by atoms with Crippen molar-refractivity contribution < 1.29 is 27.9 Å². The lowest BCUT2D eigenvalue weighted by Gasteiger charge is -2.21. The maximum absolute atomic E-state index is 11.3. The lowest BCUT2D eigenvalue weighted by atomic mass is 10.2. The van der Waals surface area contributed by atoms with Gasteiger partial charge in [-0.05, 0) is 31.6 Å². The predicted molar refractivity (Wildman–Crippen MR) is 68.1 cm³/mol. The van der Waals surface area contributed by atoms with Crippen molar-refractivity contribution in [2.75, 3.05) is 12.0 Å². The van der Waals surface area contributed by atoms with Crippen molar-refractivity contribution in [3.05, 3.63) is 0 Å². The monoisotopic (exact) mass is 299 g/mol. The normalized spacial score (nSPS) is 13.8. The third-order valence-electron chi connectivity index (χ3n) is 1.44. The van der Waals surface area contributed by atoms with Gasteiger partial charge in [0, 0.05) is 12.0 Å². The number of nitrogens with one attached hydrogen (secondary N) is 1. The summed E-state index contributed by atoms with van der Waals surface area (Å²) in [5.41, 5.74) is -0.753. The van der Waals surface area contributed by atoms with E-state index in [-0.39, 0.29) is 5.75 Å². The zero-order valence-corrected chi connectivity index (χ0v) is 12.2. The highest BCUT2D eigenvalue weighted by Crippen LogP contribution is 2.12. The summed E-state index contributed by atoms with van der Waals surface area (Å²) in [7, 11) is -2.91. The van der Waals surface area contributed by atoms with Gasteiger partial charge in [-0.15, -0.1) is 0 Å². The van der Waals surface area contributed by atoms with Crippen LogP contribution >= 0.6 is 10.8 Å². The van der Waals surface area contributed by atoms with Crippen LogP contribution in [-0.2, 0) is 18.4 Å². The molecule has 106 valence electrons. The Balaban J connectivity index is 4.46. The zero-order valence-electron chi connectivity index (χ0n) is 10.6. The second-order valence-corrected chi connectivity index (χ2v) is 9.03. The van der Waals surface area contributed by atoms with Crippen LogP contribution in [0.2, 0.25) is 0 Å². The molecule has 0 fully saturated rings. The van der Waals surface area contributed by atoms with E-state index in [0.29, 0.717) is 10.8 Å². The van der Waals surface area contributed by atoms with Gasteiger partial charge < -0.3 is 15.2 Å². The molecule has 0 aliphatic carbocycles. The smallest absolute Gasteiger partial charge is 0.408 e. The number of carboxylic acids is 1. The highest BCUT2D eigenvalue weighted by Gasteiger charge is 2.25. The number of ether oxygens (including phenoxy) is 1. The van der Waals surface area contributed by atoms with Crippen LogP contribution < -0.4 is 5.32 Å². The summed E-state index contributed by atoms with van der Waals surface area (Å²) in [6.45, 7) is 4.90. The Bertz CT molecular complexity index is 411. The topological polar surface area (TPSA) is 110 Å². The summed E-state index contributed by atoms with van der Waals surface area (Å²) in [4.78, 5) is 22.2. The van der Waals surface area contributed by atoms with Crippen molar-refractivity contribution in [3.63, 3.8) is 0 Å². The Hall–Kier alpha value is -0.960. The Morgan fingerprint density at radius 1 is 1.39 bits per heavy atom. The Labute approximate surface area is 110 Å². The average Bonchev–Trinajstić information content (AvgIpc) is 2.06. The molecular formula is C9H17NO6S2. The summed E-state index contributed by atoms with van der Waals surface area (Å²) >= 11 is 0. The SMILES string of the molecule is CC(C)(C)OC(=O)N[C@@H](CSS(C)(=O)=O)C(=O)O. The minimum atomic E-state index is -3.36. The van der Waals surface area contributed by atoms with Crippen molar-refractivity contribution in [3.8, 4) is 0 Å². The van der Waals surface area contributed by atoms with E-state index in [1.54, 1.807) is 20.8 Å². The van der Waals surface area contributed by atoms with E-state index < -0.39 is 32.6 Å². The standard InChI is InChI=1S/C9H17NO6S2/c1-9(2,3)16-8(13)10-6(7(11)12)5-17-18(4,14)15/h6H,5H2,1-4H3,(H,10,13)(H,11,12)/t6-/m0/s1. The summed E-state index contributed by atoms with van der Waals surface area (Å²) < 4.78 is 26.7. The maximum Gasteiger partial charge on any atom is 0.408 e. The van der Waals surface area contributed by atoms with E-state index in [1.807, 2.05) is 0 Å². The van der Waals surface area contributed by atoms with Crippen LogP contribution in [0.4, 0.5) is 4.79 Å². The fourth-order valence-electron chi connectivity index (χ4n) is 0.816. The Morgan fingerprint density at radius 2 is 1.89 bits per heavy atom. The van der Waals surface area contributed by atoms with Crippen molar-refractivity contribution in [2.45, 2.75) is 32.4 Å². The highest BCUT2D eigenvalue weighted by atomic mass is 33.1. The van der Waals surface area contributed by atoms with Crippen molar-refractivity contribution >= 4 is 31.7 Å². The molecule has 0 saturated heterocycles. The maximum atomic E-state index is 11.3. The van der Waals surface area contributed by atoms with Gasteiger partial charge in [0.1, 0.15) is 11.6 Å². The molecule has 0 aliphatic rings. The fourth-order valence-corrected chi connectivity index (χ4v) is 2.58. The van der Waals surface area contributed by atoms with Crippen LogP contribution in [0.5, 0.6) is 0 Å². The van der Waals surface area contributed by atoms with Gasteiger partial charge in [0.05, 0.1) is 0 Å². The second kappa shape index (κ2) is 6.28. The van der Waals surface area contributed by atoms with E-state index in [0.717, 1.165) is 6.26 Å². The number of alkyl carbamates (subject to hydrolysis) is 1. The molecule has 0 rings (SSSR count). The molecule has 0 saturated carbocycles. The third-order valence-corrected chi connectivity index (χ3v) is 4.03. The summed E-state index contributed by atoms with van der Waals surface area (Å²) in [5.74, 6) is -1.61. The number of hydrogen-bond acceptors (Lipinski definition) is 6. The van der Waals surface area contributed by atoms with Gasteiger partial charge >= 0.3 is 12.1 Å². The number of amides is 1. The minimum absolute atomic E-state index is 0.284. The van der Waals surface area contributed by atoms with Gasteiger partial charge in [0.15, 0.2) is 8.87 Å². The molecule has 2 N–H and O–H groups in total. The molecule has 0 heterocycles. The quantitative estimate of drug-likeness (QED) is 0.717. The van der Waals surface area contributed by atoms with Crippen LogP contribution in [-0.4, -0.2) is 49.2 Å². The largest absolute Gasteiger partial charge is 0.480 e. The number of carboxylic acid groups (broad SMARTS) is 1. The molecule has 0 unspecified atom stereocenters. The molecule has 0 spiro atoms. The zero-order chi connectivity index (χ0) is 14.6. The van der Waals surface area contributed by atoms with E-state index in [2.05, 4.69) is 5.32 Å². The first-order valence-electron chi connectivity index (χ1n) is 4.97. The van der Waals surface area contributed by atoms with Crippen LogP contribution in [0, 0.1) is 0 Å². The first-order valence-corrected chi connectivity index (χ1v) is 8.37. The first-order chi connectivity index (χ1) is 7.91. The fraction of sp³-hybridized carbons (Fsp3) is 0.778. The molecule has 0 bridgehead atoms. The lowest BCUT2D eigenvalue weighted by Crippen LogP contribution is -2.45. The summed E-state index contributed by atoms with van der Waals surface area (Å²) in [5, 5.41) is 10.9. The van der Waals surface area contributed by atoms with Crippen molar-refractivity contribution in [2.24, 2.45) is 0 Å². The number of rotatable bonds is 5. The number of hydrogen-bond donors (Lipinski definition) is 2. The average molecular weight is 299 g/mol. The van der Waals surface area contributed by atoms with Crippen LogP contribution in [0.15, 0.2) is 0 Å². The van der Waals surface area contributed by atoms with E-state index >= 15 is 0 Å². The number of carbonyl (C=O) groups excluding carboxylic acids is 1. The van der Waals surface area contributed by atoms with Crippen LogP contribution in [0.3, 0.4) is 0 Å². The van der Waals surface area contributed by atoms with E-state index in [9.17, 15) is 18.0 Å². The lowest BCUT2D eigenvalue weighted by molar-refractivity contribution is -0.138. The summed E-state index contributed by atoms with van der Waals surface area (Å²) in [6, 6.07) is -1.32. The molecule has 18 heavy (non-hydrogen) atoms. The second-order valence-electron chi connectivity index (χ2n) is 4.53. The third kappa shape index (κ3) is 9.11. The molecule has 0 radical (unpaired) electrons. The van der Waals surface area contributed by atoms with E-state index in [4.69, 9.17) is 9.84 Å². The van der Waals surface area contributed by atoms with Gasteiger partial charge in [-0.2, -0.15) is 0 Å². The molecular weight excluding hydrogens is 282 g/mol. The first kappa shape index (κ1) is 17.0. The van der Waals surface area contributed by atoms with E-state index in [1.165, 1.54) is 0 Å². The highest BCUT2D eigenvalue weighted by molar-refractivity contribution is 8.71. The molecule has 7 nitrogen and oxygen atoms in total. The van der Waals surface area contributed by atoms with Crippen molar-refractivity contribution in [1.82, 2.24) is 5.32 Å². The summed E-state index contributed by atoms with van der Waals surface area (Å²) in [6.07, 6.45) is 0.0633. The van der Waals surface area contributed by atoms with Crippen molar-refractivity contribution in [1.29, 1.82) is 0 Å². The molecule has 0 aromatic rings. The molecule has 0 aromatic carbocycles. The Morgan fingerprint density at radius 3 is 2.22 bits per heavy atom.